The molecule has 0 radical (unpaired) electrons. The molecule has 1 N–H and O–H groups in total. The first kappa shape index (κ1) is 11.3. The van der Waals surface area contributed by atoms with Crippen molar-refractivity contribution in [2.75, 3.05) is 6.61 Å². The minimum absolute atomic E-state index is 0.137. The van der Waals surface area contributed by atoms with Crippen LogP contribution in [0.3, 0.4) is 0 Å². The van der Waals surface area contributed by atoms with Gasteiger partial charge in [0, 0.05) is 0 Å². The van der Waals surface area contributed by atoms with Gasteiger partial charge in [0.1, 0.15) is 5.75 Å². The summed E-state index contributed by atoms with van der Waals surface area (Å²) in [6.07, 6.45) is 3.41. The average Bonchev–Trinajstić information content (AvgIpc) is 2.25. The van der Waals surface area contributed by atoms with E-state index in [1.165, 1.54) is 24.3 Å². The smallest absolute Gasteiger partial charge is 0.338 e. The number of rotatable bonds is 5. The van der Waals surface area contributed by atoms with Gasteiger partial charge in [-0.25, -0.2) is 4.79 Å². The van der Waals surface area contributed by atoms with Gasteiger partial charge >= 0.3 is 5.97 Å². The lowest BCUT2D eigenvalue weighted by molar-refractivity contribution is 0.0501. The monoisotopic (exact) mass is 206 g/mol. The van der Waals surface area contributed by atoms with Crippen molar-refractivity contribution in [1.82, 2.24) is 0 Å². The fraction of sp³-hybridized carbons (Fsp3) is 0.250. The topological polar surface area (TPSA) is 46.5 Å². The van der Waals surface area contributed by atoms with Crippen LogP contribution in [0.15, 0.2) is 36.9 Å². The minimum Gasteiger partial charge on any atom is -0.508 e. The molecule has 80 valence electrons. The van der Waals surface area contributed by atoms with E-state index >= 15 is 0 Å². The van der Waals surface area contributed by atoms with Gasteiger partial charge in [0.05, 0.1) is 12.2 Å². The van der Waals surface area contributed by atoms with E-state index in [0.29, 0.717) is 12.2 Å². The number of aromatic hydroxyl groups is 1. The molecule has 15 heavy (non-hydrogen) atoms. The number of allylic oxidation sites excluding steroid dienone is 1. The highest BCUT2D eigenvalue weighted by Crippen LogP contribution is 2.10. The van der Waals surface area contributed by atoms with Crippen molar-refractivity contribution < 1.29 is 14.6 Å². The zero-order valence-corrected chi connectivity index (χ0v) is 8.48. The highest BCUT2D eigenvalue weighted by molar-refractivity contribution is 5.89. The fourth-order valence-electron chi connectivity index (χ4n) is 1.07. The molecule has 0 saturated heterocycles. The molecule has 1 aromatic carbocycles. The SMILES string of the molecule is C=CCCCOC(=O)c1ccc(O)cc1. The summed E-state index contributed by atoms with van der Waals surface area (Å²) in [4.78, 5) is 11.4. The van der Waals surface area contributed by atoms with Crippen LogP contribution >= 0.6 is 0 Å². The van der Waals surface area contributed by atoms with Crippen LogP contribution in [-0.2, 0) is 4.74 Å². The first-order valence-electron chi connectivity index (χ1n) is 4.81. The summed E-state index contributed by atoms with van der Waals surface area (Å²) in [6, 6.07) is 5.98. The molecule has 0 aromatic heterocycles. The standard InChI is InChI=1S/C12H14O3/c1-2-3-4-9-15-12(14)10-5-7-11(13)8-6-10/h2,5-8,13H,1,3-4,9H2. The molecule has 0 fully saturated rings. The van der Waals surface area contributed by atoms with Crippen LogP contribution in [0.2, 0.25) is 0 Å². The summed E-state index contributed by atoms with van der Waals surface area (Å²) in [7, 11) is 0. The van der Waals surface area contributed by atoms with Gasteiger partial charge < -0.3 is 9.84 Å². The van der Waals surface area contributed by atoms with Gasteiger partial charge in [0.2, 0.25) is 0 Å². The largest absolute Gasteiger partial charge is 0.508 e. The molecule has 0 spiro atoms. The third-order valence-electron chi connectivity index (χ3n) is 1.89. The van der Waals surface area contributed by atoms with Gasteiger partial charge in [0.15, 0.2) is 0 Å². The molecule has 1 rings (SSSR count). The zero-order chi connectivity index (χ0) is 11.1. The number of phenols is 1. The van der Waals surface area contributed by atoms with Crippen LogP contribution in [-0.4, -0.2) is 17.7 Å². The molecule has 3 heteroatoms. The van der Waals surface area contributed by atoms with Crippen LogP contribution < -0.4 is 0 Å². The van der Waals surface area contributed by atoms with Crippen molar-refractivity contribution in [2.24, 2.45) is 0 Å². The van der Waals surface area contributed by atoms with E-state index in [-0.39, 0.29) is 11.7 Å². The van der Waals surface area contributed by atoms with E-state index in [1.54, 1.807) is 6.08 Å². The number of carbonyl (C=O) groups excluding carboxylic acids is 1. The summed E-state index contributed by atoms with van der Waals surface area (Å²) < 4.78 is 5.00. The quantitative estimate of drug-likeness (QED) is 0.457. The Morgan fingerprint density at radius 2 is 2.07 bits per heavy atom. The van der Waals surface area contributed by atoms with Gasteiger partial charge in [-0.05, 0) is 37.1 Å². The number of benzene rings is 1. The van der Waals surface area contributed by atoms with Gasteiger partial charge in [-0.2, -0.15) is 0 Å². The maximum Gasteiger partial charge on any atom is 0.338 e. The molecule has 1 aromatic rings. The van der Waals surface area contributed by atoms with E-state index in [0.717, 1.165) is 12.8 Å². The number of esters is 1. The van der Waals surface area contributed by atoms with Crippen LogP contribution in [0.5, 0.6) is 5.75 Å². The number of hydrogen-bond donors (Lipinski definition) is 1. The predicted molar refractivity (Wildman–Crippen MR) is 57.8 cm³/mol. The summed E-state index contributed by atoms with van der Waals surface area (Å²) in [5, 5.41) is 9.02. The molecule has 0 aliphatic rings. The molecule has 0 atom stereocenters. The van der Waals surface area contributed by atoms with Crippen LogP contribution in [0.1, 0.15) is 23.2 Å². The number of carbonyl (C=O) groups is 1. The summed E-state index contributed by atoms with van der Waals surface area (Å²) in [6.45, 7) is 3.97. The highest BCUT2D eigenvalue weighted by Gasteiger charge is 2.05. The van der Waals surface area contributed by atoms with E-state index in [9.17, 15) is 4.79 Å². The van der Waals surface area contributed by atoms with Crippen molar-refractivity contribution in [1.29, 1.82) is 0 Å². The second-order valence-corrected chi connectivity index (χ2v) is 3.11. The Balaban J connectivity index is 2.40. The summed E-state index contributed by atoms with van der Waals surface area (Å²) in [5.41, 5.74) is 0.450. The predicted octanol–water partition coefficient (Wildman–Crippen LogP) is 2.52. The van der Waals surface area contributed by atoms with Crippen molar-refractivity contribution >= 4 is 5.97 Å². The van der Waals surface area contributed by atoms with Gasteiger partial charge in [-0.1, -0.05) is 6.08 Å². The molecule has 0 amide bonds. The normalized spacial score (nSPS) is 9.60. The number of phenolic OH excluding ortho intramolecular Hbond substituents is 1. The Kier molecular flexibility index (Phi) is 4.41. The molecule has 3 nitrogen and oxygen atoms in total. The van der Waals surface area contributed by atoms with Crippen LogP contribution in [0, 0.1) is 0 Å². The Hall–Kier alpha value is -1.77. The molecule has 0 unspecified atom stereocenters. The highest BCUT2D eigenvalue weighted by atomic mass is 16.5. The Labute approximate surface area is 89.0 Å². The molecule has 0 saturated carbocycles. The van der Waals surface area contributed by atoms with Crippen LogP contribution in [0.4, 0.5) is 0 Å². The van der Waals surface area contributed by atoms with Crippen molar-refractivity contribution in [3.63, 3.8) is 0 Å². The first-order valence-corrected chi connectivity index (χ1v) is 4.81. The second kappa shape index (κ2) is 5.86. The lowest BCUT2D eigenvalue weighted by Crippen LogP contribution is -2.05. The minimum atomic E-state index is -0.362. The van der Waals surface area contributed by atoms with Gasteiger partial charge in [0.25, 0.3) is 0 Å². The molecular weight excluding hydrogens is 192 g/mol. The molecule has 0 bridgehead atoms. The van der Waals surface area contributed by atoms with E-state index < -0.39 is 0 Å². The number of hydrogen-bond acceptors (Lipinski definition) is 3. The van der Waals surface area contributed by atoms with Crippen molar-refractivity contribution in [3.8, 4) is 5.75 Å². The van der Waals surface area contributed by atoms with Crippen molar-refractivity contribution in [2.45, 2.75) is 12.8 Å². The van der Waals surface area contributed by atoms with E-state index in [2.05, 4.69) is 6.58 Å². The number of unbranched alkanes of at least 4 members (excludes halogenated alkanes) is 1. The Morgan fingerprint density at radius 1 is 1.40 bits per heavy atom. The second-order valence-electron chi connectivity index (χ2n) is 3.11. The lowest BCUT2D eigenvalue weighted by Gasteiger charge is -2.03. The molecule has 0 aliphatic heterocycles. The van der Waals surface area contributed by atoms with E-state index in [1.807, 2.05) is 0 Å². The first-order chi connectivity index (χ1) is 7.24. The molecule has 0 aliphatic carbocycles. The van der Waals surface area contributed by atoms with Gasteiger partial charge in [-0.3, -0.25) is 0 Å². The lowest BCUT2D eigenvalue weighted by atomic mass is 10.2. The maximum atomic E-state index is 11.4. The third-order valence-corrected chi connectivity index (χ3v) is 1.89. The average molecular weight is 206 g/mol. The maximum absolute atomic E-state index is 11.4. The molecular formula is C12H14O3. The number of ether oxygens (including phenoxy) is 1. The Bertz CT molecular complexity index is 327. The van der Waals surface area contributed by atoms with E-state index in [4.69, 9.17) is 9.84 Å². The zero-order valence-electron chi connectivity index (χ0n) is 8.48. The van der Waals surface area contributed by atoms with Crippen molar-refractivity contribution in [3.05, 3.63) is 42.5 Å². The summed E-state index contributed by atoms with van der Waals surface area (Å²) in [5.74, 6) is -0.225. The Morgan fingerprint density at radius 3 is 2.67 bits per heavy atom. The summed E-state index contributed by atoms with van der Waals surface area (Å²) >= 11 is 0. The molecule has 0 heterocycles. The fourth-order valence-corrected chi connectivity index (χ4v) is 1.07. The van der Waals surface area contributed by atoms with Gasteiger partial charge in [-0.15, -0.1) is 6.58 Å². The third kappa shape index (κ3) is 3.85. The van der Waals surface area contributed by atoms with Crippen LogP contribution in [0.25, 0.3) is 0 Å².